The third-order valence-electron chi connectivity index (χ3n) is 3.07. The molecule has 0 saturated heterocycles. The average Bonchev–Trinajstić information content (AvgIpc) is 2.48. The summed E-state index contributed by atoms with van der Waals surface area (Å²) in [6, 6.07) is 11.5. The molecule has 0 saturated carbocycles. The number of carbonyl (C=O) groups is 1. The molecule has 0 aliphatic rings. The van der Waals surface area contributed by atoms with Crippen LogP contribution in [0.2, 0.25) is 0 Å². The highest BCUT2D eigenvalue weighted by molar-refractivity contribution is 5.90. The maximum Gasteiger partial charge on any atom is 0.225 e. The molecule has 104 valence electrons. The van der Waals surface area contributed by atoms with Crippen molar-refractivity contribution in [3.05, 3.63) is 53.7 Å². The number of anilines is 1. The molecule has 20 heavy (non-hydrogen) atoms. The van der Waals surface area contributed by atoms with E-state index in [2.05, 4.69) is 10.3 Å². The SMILES string of the molecule is COc1ccc(CCC(=O)Nc2ncccc2C)cc1. The second-order valence-electron chi connectivity index (χ2n) is 4.57. The second kappa shape index (κ2) is 6.70. The van der Waals surface area contributed by atoms with Crippen LogP contribution < -0.4 is 10.1 Å². The molecule has 4 nitrogen and oxygen atoms in total. The van der Waals surface area contributed by atoms with E-state index in [1.807, 2.05) is 43.3 Å². The Kier molecular flexibility index (Phi) is 4.71. The lowest BCUT2D eigenvalue weighted by molar-refractivity contribution is -0.116. The Bertz CT molecular complexity index is 579. The van der Waals surface area contributed by atoms with Gasteiger partial charge in [0.2, 0.25) is 5.91 Å². The fraction of sp³-hybridized carbons (Fsp3) is 0.250. The van der Waals surface area contributed by atoms with Gasteiger partial charge in [0.25, 0.3) is 0 Å². The predicted octanol–water partition coefficient (Wildman–Crippen LogP) is 2.97. The molecule has 1 N–H and O–H groups in total. The Morgan fingerprint density at radius 3 is 2.65 bits per heavy atom. The van der Waals surface area contributed by atoms with Gasteiger partial charge in [0.15, 0.2) is 0 Å². The molecule has 0 bridgehead atoms. The lowest BCUT2D eigenvalue weighted by Gasteiger charge is -2.07. The number of hydrogen-bond donors (Lipinski definition) is 1. The normalized spacial score (nSPS) is 10.1. The van der Waals surface area contributed by atoms with Crippen molar-refractivity contribution in [1.29, 1.82) is 0 Å². The molecular weight excluding hydrogens is 252 g/mol. The number of methoxy groups -OCH3 is 1. The molecule has 1 aromatic carbocycles. The van der Waals surface area contributed by atoms with E-state index >= 15 is 0 Å². The van der Waals surface area contributed by atoms with Gasteiger partial charge in [0.1, 0.15) is 11.6 Å². The largest absolute Gasteiger partial charge is 0.497 e. The van der Waals surface area contributed by atoms with Gasteiger partial charge in [-0.2, -0.15) is 0 Å². The number of rotatable bonds is 5. The molecule has 2 rings (SSSR count). The minimum Gasteiger partial charge on any atom is -0.497 e. The van der Waals surface area contributed by atoms with Gasteiger partial charge in [-0.1, -0.05) is 18.2 Å². The quantitative estimate of drug-likeness (QED) is 0.908. The maximum absolute atomic E-state index is 11.9. The molecule has 1 amide bonds. The molecule has 2 aromatic rings. The first kappa shape index (κ1) is 14.1. The number of pyridine rings is 1. The molecule has 0 spiro atoms. The summed E-state index contributed by atoms with van der Waals surface area (Å²) >= 11 is 0. The Balaban J connectivity index is 1.87. The van der Waals surface area contributed by atoms with Crippen LogP contribution in [0.25, 0.3) is 0 Å². The van der Waals surface area contributed by atoms with Crippen LogP contribution >= 0.6 is 0 Å². The summed E-state index contributed by atoms with van der Waals surface area (Å²) in [6.07, 6.45) is 2.80. The smallest absolute Gasteiger partial charge is 0.225 e. The van der Waals surface area contributed by atoms with Crippen molar-refractivity contribution in [2.45, 2.75) is 19.8 Å². The first-order chi connectivity index (χ1) is 9.69. The summed E-state index contributed by atoms with van der Waals surface area (Å²) in [5, 5.41) is 2.83. The van der Waals surface area contributed by atoms with Gasteiger partial charge >= 0.3 is 0 Å². The van der Waals surface area contributed by atoms with E-state index in [-0.39, 0.29) is 5.91 Å². The molecule has 4 heteroatoms. The first-order valence-corrected chi connectivity index (χ1v) is 6.53. The predicted molar refractivity (Wildman–Crippen MR) is 78.9 cm³/mol. The van der Waals surface area contributed by atoms with Crippen LogP contribution in [0.3, 0.4) is 0 Å². The number of ether oxygens (including phenoxy) is 1. The highest BCUT2D eigenvalue weighted by atomic mass is 16.5. The molecule has 0 aliphatic heterocycles. The number of aromatic nitrogens is 1. The highest BCUT2D eigenvalue weighted by Gasteiger charge is 2.06. The molecule has 1 aromatic heterocycles. The maximum atomic E-state index is 11.9. The zero-order chi connectivity index (χ0) is 14.4. The number of nitrogens with zero attached hydrogens (tertiary/aromatic N) is 1. The Labute approximate surface area is 118 Å². The molecule has 0 atom stereocenters. The number of hydrogen-bond acceptors (Lipinski definition) is 3. The van der Waals surface area contributed by atoms with Crippen molar-refractivity contribution >= 4 is 11.7 Å². The van der Waals surface area contributed by atoms with E-state index in [4.69, 9.17) is 4.74 Å². The Hall–Kier alpha value is -2.36. The average molecular weight is 270 g/mol. The van der Waals surface area contributed by atoms with E-state index in [0.29, 0.717) is 18.7 Å². The van der Waals surface area contributed by atoms with Crippen molar-refractivity contribution in [1.82, 2.24) is 4.98 Å². The van der Waals surface area contributed by atoms with Gasteiger partial charge in [0, 0.05) is 12.6 Å². The summed E-state index contributed by atoms with van der Waals surface area (Å²) in [5.41, 5.74) is 2.07. The fourth-order valence-electron chi connectivity index (χ4n) is 1.86. The van der Waals surface area contributed by atoms with Crippen LogP contribution in [0.1, 0.15) is 17.5 Å². The lowest BCUT2D eigenvalue weighted by atomic mass is 10.1. The van der Waals surface area contributed by atoms with E-state index in [0.717, 1.165) is 16.9 Å². The number of benzene rings is 1. The van der Waals surface area contributed by atoms with Crippen LogP contribution in [-0.2, 0) is 11.2 Å². The van der Waals surface area contributed by atoms with E-state index in [1.165, 1.54) is 0 Å². The lowest BCUT2D eigenvalue weighted by Crippen LogP contribution is -2.14. The minimum atomic E-state index is -0.0254. The molecule has 0 aliphatic carbocycles. The van der Waals surface area contributed by atoms with Gasteiger partial charge in [-0.15, -0.1) is 0 Å². The summed E-state index contributed by atoms with van der Waals surface area (Å²) < 4.78 is 5.10. The van der Waals surface area contributed by atoms with Crippen LogP contribution in [0.15, 0.2) is 42.6 Å². The van der Waals surface area contributed by atoms with Gasteiger partial charge in [-0.25, -0.2) is 4.98 Å². The number of nitrogens with one attached hydrogen (secondary N) is 1. The van der Waals surface area contributed by atoms with E-state index in [1.54, 1.807) is 13.3 Å². The van der Waals surface area contributed by atoms with Crippen molar-refractivity contribution in [2.75, 3.05) is 12.4 Å². The van der Waals surface area contributed by atoms with Gasteiger partial charge < -0.3 is 10.1 Å². The van der Waals surface area contributed by atoms with Gasteiger partial charge in [-0.3, -0.25) is 4.79 Å². The van der Waals surface area contributed by atoms with E-state index in [9.17, 15) is 4.79 Å². The molecule has 0 fully saturated rings. The minimum absolute atomic E-state index is 0.0254. The number of carbonyl (C=O) groups excluding carboxylic acids is 1. The zero-order valence-electron chi connectivity index (χ0n) is 11.7. The third kappa shape index (κ3) is 3.82. The van der Waals surface area contributed by atoms with Gasteiger partial charge in [-0.05, 0) is 42.7 Å². The summed E-state index contributed by atoms with van der Waals surface area (Å²) in [5.74, 6) is 1.43. The monoisotopic (exact) mass is 270 g/mol. The van der Waals surface area contributed by atoms with Crippen LogP contribution in [0, 0.1) is 6.92 Å². The first-order valence-electron chi connectivity index (χ1n) is 6.53. The molecule has 0 radical (unpaired) electrons. The van der Waals surface area contributed by atoms with Crippen LogP contribution in [-0.4, -0.2) is 18.0 Å². The van der Waals surface area contributed by atoms with Crippen molar-refractivity contribution in [3.8, 4) is 5.75 Å². The summed E-state index contributed by atoms with van der Waals surface area (Å²) in [6.45, 7) is 1.92. The van der Waals surface area contributed by atoms with Crippen molar-refractivity contribution < 1.29 is 9.53 Å². The van der Waals surface area contributed by atoms with Crippen LogP contribution in [0.5, 0.6) is 5.75 Å². The number of aryl methyl sites for hydroxylation is 2. The highest BCUT2D eigenvalue weighted by Crippen LogP contribution is 2.13. The summed E-state index contributed by atoms with van der Waals surface area (Å²) in [7, 11) is 1.64. The van der Waals surface area contributed by atoms with Crippen molar-refractivity contribution in [3.63, 3.8) is 0 Å². The second-order valence-corrected chi connectivity index (χ2v) is 4.57. The molecule has 0 unspecified atom stereocenters. The molecule has 1 heterocycles. The third-order valence-corrected chi connectivity index (χ3v) is 3.07. The van der Waals surface area contributed by atoms with Crippen molar-refractivity contribution in [2.24, 2.45) is 0 Å². The fourth-order valence-corrected chi connectivity index (χ4v) is 1.86. The Morgan fingerprint density at radius 1 is 1.25 bits per heavy atom. The summed E-state index contributed by atoms with van der Waals surface area (Å²) in [4.78, 5) is 16.0. The van der Waals surface area contributed by atoms with Gasteiger partial charge in [0.05, 0.1) is 7.11 Å². The Morgan fingerprint density at radius 2 is 2.00 bits per heavy atom. The zero-order valence-corrected chi connectivity index (χ0v) is 11.7. The van der Waals surface area contributed by atoms with E-state index < -0.39 is 0 Å². The standard InChI is InChI=1S/C16H18N2O2/c1-12-4-3-11-17-16(12)18-15(19)10-7-13-5-8-14(20-2)9-6-13/h3-6,8-9,11H,7,10H2,1-2H3,(H,17,18,19). The topological polar surface area (TPSA) is 51.2 Å². The number of amides is 1. The molecular formula is C16H18N2O2. The van der Waals surface area contributed by atoms with Crippen LogP contribution in [0.4, 0.5) is 5.82 Å².